The molecule has 0 aliphatic rings. The number of anilines is 1. The number of hydrogen-bond donors (Lipinski definition) is 3. The topological polar surface area (TPSA) is 81.1 Å². The molecule has 70 valence electrons. The van der Waals surface area contributed by atoms with Gasteiger partial charge < -0.3 is 16.8 Å². The lowest BCUT2D eigenvalue weighted by Crippen LogP contribution is -2.18. The Labute approximate surface area is 76.9 Å². The summed E-state index contributed by atoms with van der Waals surface area (Å²) in [7, 11) is 1.58. The Morgan fingerprint density at radius 1 is 1.54 bits per heavy atom. The van der Waals surface area contributed by atoms with Gasteiger partial charge in [-0.1, -0.05) is 6.07 Å². The summed E-state index contributed by atoms with van der Waals surface area (Å²) in [6, 6.07) is 5.10. The Balaban J connectivity index is 3.02. The van der Waals surface area contributed by atoms with Crippen LogP contribution in [0.5, 0.6) is 0 Å². The van der Waals surface area contributed by atoms with Crippen LogP contribution in [0.1, 0.15) is 15.9 Å². The molecule has 1 amide bonds. The zero-order chi connectivity index (χ0) is 9.84. The molecule has 0 aromatic heterocycles. The quantitative estimate of drug-likeness (QED) is 0.563. The average molecular weight is 179 g/mol. The van der Waals surface area contributed by atoms with Gasteiger partial charge in [-0.25, -0.2) is 0 Å². The largest absolute Gasteiger partial charge is 0.398 e. The first-order valence-corrected chi connectivity index (χ1v) is 3.99. The molecule has 0 radical (unpaired) electrons. The lowest BCUT2D eigenvalue weighted by Gasteiger charge is -2.05. The Morgan fingerprint density at radius 2 is 2.23 bits per heavy atom. The number of nitrogens with two attached hydrogens (primary N) is 2. The maximum Gasteiger partial charge on any atom is 0.251 e. The maximum atomic E-state index is 11.2. The fraction of sp³-hybridized carbons (Fsp3) is 0.222. The summed E-state index contributed by atoms with van der Waals surface area (Å²) in [6.45, 7) is 0.389. The van der Waals surface area contributed by atoms with E-state index in [4.69, 9.17) is 11.5 Å². The van der Waals surface area contributed by atoms with E-state index in [0.717, 1.165) is 5.56 Å². The monoisotopic (exact) mass is 179 g/mol. The first-order chi connectivity index (χ1) is 6.19. The van der Waals surface area contributed by atoms with Gasteiger partial charge in [-0.05, 0) is 17.7 Å². The number of carbonyl (C=O) groups is 1. The van der Waals surface area contributed by atoms with E-state index >= 15 is 0 Å². The van der Waals surface area contributed by atoms with Crippen LogP contribution < -0.4 is 16.8 Å². The van der Waals surface area contributed by atoms with Crippen molar-refractivity contribution in [3.8, 4) is 0 Å². The van der Waals surface area contributed by atoms with Gasteiger partial charge >= 0.3 is 0 Å². The molecular weight excluding hydrogens is 166 g/mol. The zero-order valence-corrected chi connectivity index (χ0v) is 7.50. The predicted molar refractivity (Wildman–Crippen MR) is 52.1 cm³/mol. The molecule has 0 aliphatic carbocycles. The summed E-state index contributed by atoms with van der Waals surface area (Å²) in [4.78, 5) is 11.2. The lowest BCUT2D eigenvalue weighted by atomic mass is 10.1. The van der Waals surface area contributed by atoms with Crippen LogP contribution in [-0.4, -0.2) is 13.0 Å². The van der Waals surface area contributed by atoms with Crippen LogP contribution in [0.4, 0.5) is 5.69 Å². The molecule has 4 nitrogen and oxygen atoms in total. The van der Waals surface area contributed by atoms with Crippen LogP contribution >= 0.6 is 0 Å². The lowest BCUT2D eigenvalue weighted by molar-refractivity contribution is 0.0963. The minimum Gasteiger partial charge on any atom is -0.398 e. The van der Waals surface area contributed by atoms with Crippen LogP contribution in [-0.2, 0) is 6.54 Å². The third kappa shape index (κ3) is 1.97. The Kier molecular flexibility index (Phi) is 2.87. The van der Waals surface area contributed by atoms with E-state index in [2.05, 4.69) is 5.32 Å². The highest BCUT2D eigenvalue weighted by Gasteiger charge is 2.04. The van der Waals surface area contributed by atoms with Crippen LogP contribution in [0.2, 0.25) is 0 Å². The molecule has 1 rings (SSSR count). The molecule has 13 heavy (non-hydrogen) atoms. The van der Waals surface area contributed by atoms with Gasteiger partial charge in [-0.15, -0.1) is 0 Å². The van der Waals surface area contributed by atoms with Crippen molar-refractivity contribution in [3.05, 3.63) is 29.3 Å². The Morgan fingerprint density at radius 3 is 2.69 bits per heavy atom. The first kappa shape index (κ1) is 9.54. The average Bonchev–Trinajstić information content (AvgIpc) is 2.16. The molecule has 1 aromatic carbocycles. The van der Waals surface area contributed by atoms with E-state index in [1.807, 2.05) is 0 Å². The van der Waals surface area contributed by atoms with E-state index in [1.54, 1.807) is 25.2 Å². The van der Waals surface area contributed by atoms with E-state index in [1.165, 1.54) is 0 Å². The van der Waals surface area contributed by atoms with E-state index < -0.39 is 0 Å². The molecule has 4 heteroatoms. The standard InChI is InChI=1S/C9H13N3O/c1-12-9(13)6-2-3-7(5-10)8(11)4-6/h2-4H,5,10-11H2,1H3,(H,12,13). The Bertz CT molecular complexity index is 323. The molecule has 0 atom stereocenters. The van der Waals surface area contributed by atoms with E-state index in [-0.39, 0.29) is 5.91 Å². The highest BCUT2D eigenvalue weighted by Crippen LogP contribution is 2.13. The van der Waals surface area contributed by atoms with Crippen LogP contribution in [0.15, 0.2) is 18.2 Å². The van der Waals surface area contributed by atoms with Crippen molar-refractivity contribution in [1.82, 2.24) is 5.32 Å². The van der Waals surface area contributed by atoms with Crippen LogP contribution in [0.25, 0.3) is 0 Å². The summed E-state index contributed by atoms with van der Waals surface area (Å²) in [6.07, 6.45) is 0. The van der Waals surface area contributed by atoms with Gasteiger partial charge in [0, 0.05) is 24.8 Å². The maximum absolute atomic E-state index is 11.2. The third-order valence-electron chi connectivity index (χ3n) is 1.86. The molecule has 0 aliphatic heterocycles. The highest BCUT2D eigenvalue weighted by molar-refractivity contribution is 5.95. The van der Waals surface area contributed by atoms with Gasteiger partial charge in [-0.3, -0.25) is 4.79 Å². The fourth-order valence-corrected chi connectivity index (χ4v) is 1.07. The minimum absolute atomic E-state index is 0.143. The molecule has 0 saturated carbocycles. The van der Waals surface area contributed by atoms with E-state index in [0.29, 0.717) is 17.8 Å². The number of benzene rings is 1. The molecule has 0 bridgehead atoms. The van der Waals surface area contributed by atoms with Gasteiger partial charge in [-0.2, -0.15) is 0 Å². The molecule has 0 saturated heterocycles. The summed E-state index contributed by atoms with van der Waals surface area (Å²) in [5.41, 5.74) is 13.1. The summed E-state index contributed by atoms with van der Waals surface area (Å²) in [5.74, 6) is -0.143. The fourth-order valence-electron chi connectivity index (χ4n) is 1.07. The van der Waals surface area contributed by atoms with Gasteiger partial charge in [0.15, 0.2) is 0 Å². The second-order valence-electron chi connectivity index (χ2n) is 2.70. The number of amides is 1. The molecule has 0 spiro atoms. The van der Waals surface area contributed by atoms with Gasteiger partial charge in [0.2, 0.25) is 0 Å². The van der Waals surface area contributed by atoms with Crippen molar-refractivity contribution in [2.75, 3.05) is 12.8 Å². The highest BCUT2D eigenvalue weighted by atomic mass is 16.1. The van der Waals surface area contributed by atoms with Crippen LogP contribution in [0.3, 0.4) is 0 Å². The number of rotatable bonds is 2. The van der Waals surface area contributed by atoms with Crippen molar-refractivity contribution in [1.29, 1.82) is 0 Å². The van der Waals surface area contributed by atoms with E-state index in [9.17, 15) is 4.79 Å². The molecule has 5 N–H and O–H groups in total. The van der Waals surface area contributed by atoms with Gasteiger partial charge in [0.25, 0.3) is 5.91 Å². The SMILES string of the molecule is CNC(=O)c1ccc(CN)c(N)c1. The number of nitrogens with one attached hydrogen (secondary N) is 1. The third-order valence-corrected chi connectivity index (χ3v) is 1.86. The first-order valence-electron chi connectivity index (χ1n) is 3.99. The van der Waals surface area contributed by atoms with Crippen molar-refractivity contribution in [2.45, 2.75) is 6.54 Å². The van der Waals surface area contributed by atoms with Gasteiger partial charge in [0.1, 0.15) is 0 Å². The normalized spacial score (nSPS) is 9.69. The van der Waals surface area contributed by atoms with Gasteiger partial charge in [0.05, 0.1) is 0 Å². The second-order valence-corrected chi connectivity index (χ2v) is 2.70. The Hall–Kier alpha value is -1.55. The van der Waals surface area contributed by atoms with Crippen molar-refractivity contribution in [3.63, 3.8) is 0 Å². The molecule has 0 fully saturated rings. The summed E-state index contributed by atoms with van der Waals surface area (Å²) in [5, 5.41) is 2.52. The summed E-state index contributed by atoms with van der Waals surface area (Å²) < 4.78 is 0. The number of carbonyl (C=O) groups excluding carboxylic acids is 1. The molecule has 0 unspecified atom stereocenters. The smallest absolute Gasteiger partial charge is 0.251 e. The predicted octanol–water partition coefficient (Wildman–Crippen LogP) is 0.0871. The zero-order valence-electron chi connectivity index (χ0n) is 7.50. The second kappa shape index (κ2) is 3.91. The molecular formula is C9H13N3O. The number of hydrogen-bond acceptors (Lipinski definition) is 3. The van der Waals surface area contributed by atoms with Crippen molar-refractivity contribution in [2.24, 2.45) is 5.73 Å². The molecule has 0 heterocycles. The minimum atomic E-state index is -0.143. The number of nitrogen functional groups attached to an aromatic ring is 1. The molecule has 1 aromatic rings. The summed E-state index contributed by atoms with van der Waals surface area (Å²) >= 11 is 0. The van der Waals surface area contributed by atoms with Crippen molar-refractivity contribution >= 4 is 11.6 Å². The van der Waals surface area contributed by atoms with Crippen molar-refractivity contribution < 1.29 is 4.79 Å². The van der Waals surface area contributed by atoms with Crippen LogP contribution in [0, 0.1) is 0 Å².